The molecule has 17 heavy (non-hydrogen) atoms. The summed E-state index contributed by atoms with van der Waals surface area (Å²) < 4.78 is 1.92. The molecule has 92 valence electrons. The maximum absolute atomic E-state index is 4.18. The summed E-state index contributed by atoms with van der Waals surface area (Å²) in [4.78, 5) is 1.40. The number of thiophene rings is 1. The molecule has 2 heterocycles. The van der Waals surface area contributed by atoms with Crippen molar-refractivity contribution in [2.24, 2.45) is 13.0 Å². The van der Waals surface area contributed by atoms with E-state index in [1.807, 2.05) is 29.3 Å². The summed E-state index contributed by atoms with van der Waals surface area (Å²) in [5, 5.41) is 9.93. The Labute approximate surface area is 106 Å². The maximum Gasteiger partial charge on any atom is 0.0518 e. The highest BCUT2D eigenvalue weighted by molar-refractivity contribution is 7.10. The lowest BCUT2D eigenvalue weighted by atomic mass is 10.0. The molecule has 0 aliphatic rings. The van der Waals surface area contributed by atoms with Crippen LogP contribution in [0.2, 0.25) is 0 Å². The Morgan fingerprint density at radius 2 is 2.24 bits per heavy atom. The standard InChI is InChI=1S/C13H19N3S/c1-10(2)13(12-5-4-8-17-12)14-9-11-6-7-15-16(11)3/h4-8,10,13-14H,9H2,1-3H3. The van der Waals surface area contributed by atoms with Crippen molar-refractivity contribution in [1.82, 2.24) is 15.1 Å². The molecule has 0 bridgehead atoms. The maximum atomic E-state index is 4.18. The highest BCUT2D eigenvalue weighted by Gasteiger charge is 2.16. The van der Waals surface area contributed by atoms with Gasteiger partial charge in [-0.15, -0.1) is 11.3 Å². The van der Waals surface area contributed by atoms with Gasteiger partial charge in [-0.05, 0) is 23.4 Å². The van der Waals surface area contributed by atoms with Gasteiger partial charge in [0.2, 0.25) is 0 Å². The molecule has 4 heteroatoms. The Balaban J connectivity index is 2.02. The van der Waals surface area contributed by atoms with Crippen molar-refractivity contribution in [2.75, 3.05) is 0 Å². The van der Waals surface area contributed by atoms with Gasteiger partial charge in [0, 0.05) is 30.7 Å². The predicted molar refractivity (Wildman–Crippen MR) is 71.9 cm³/mol. The van der Waals surface area contributed by atoms with Gasteiger partial charge in [0.1, 0.15) is 0 Å². The van der Waals surface area contributed by atoms with Gasteiger partial charge >= 0.3 is 0 Å². The van der Waals surface area contributed by atoms with E-state index in [0.717, 1.165) is 6.54 Å². The second-order valence-electron chi connectivity index (χ2n) is 4.56. The van der Waals surface area contributed by atoms with Crippen LogP contribution in [0.15, 0.2) is 29.8 Å². The fourth-order valence-corrected chi connectivity index (χ4v) is 2.90. The third-order valence-electron chi connectivity index (χ3n) is 2.94. The highest BCUT2D eigenvalue weighted by Crippen LogP contribution is 2.25. The molecule has 0 aromatic carbocycles. The number of aryl methyl sites for hydroxylation is 1. The van der Waals surface area contributed by atoms with Crippen molar-refractivity contribution in [3.63, 3.8) is 0 Å². The average molecular weight is 249 g/mol. The smallest absolute Gasteiger partial charge is 0.0518 e. The van der Waals surface area contributed by atoms with Crippen LogP contribution < -0.4 is 5.32 Å². The fourth-order valence-electron chi connectivity index (χ4n) is 1.92. The highest BCUT2D eigenvalue weighted by atomic mass is 32.1. The summed E-state index contributed by atoms with van der Waals surface area (Å²) in [6.07, 6.45) is 1.84. The van der Waals surface area contributed by atoms with E-state index in [9.17, 15) is 0 Å². The third-order valence-corrected chi connectivity index (χ3v) is 3.90. The second kappa shape index (κ2) is 5.47. The molecule has 0 amide bonds. The van der Waals surface area contributed by atoms with Crippen molar-refractivity contribution >= 4 is 11.3 Å². The largest absolute Gasteiger partial charge is 0.303 e. The zero-order valence-electron chi connectivity index (χ0n) is 10.6. The van der Waals surface area contributed by atoms with E-state index in [1.54, 1.807) is 0 Å². The van der Waals surface area contributed by atoms with E-state index in [0.29, 0.717) is 12.0 Å². The average Bonchev–Trinajstić information content (AvgIpc) is 2.91. The van der Waals surface area contributed by atoms with Crippen molar-refractivity contribution in [3.8, 4) is 0 Å². The van der Waals surface area contributed by atoms with Gasteiger partial charge < -0.3 is 5.32 Å². The number of aromatic nitrogens is 2. The summed E-state index contributed by atoms with van der Waals surface area (Å²) >= 11 is 1.82. The first-order valence-corrected chi connectivity index (χ1v) is 6.80. The molecule has 2 aromatic rings. The van der Waals surface area contributed by atoms with E-state index in [2.05, 4.69) is 47.8 Å². The second-order valence-corrected chi connectivity index (χ2v) is 5.54. The molecule has 1 atom stereocenters. The van der Waals surface area contributed by atoms with Gasteiger partial charge in [-0.1, -0.05) is 19.9 Å². The van der Waals surface area contributed by atoms with Crippen molar-refractivity contribution in [1.29, 1.82) is 0 Å². The van der Waals surface area contributed by atoms with Crippen molar-refractivity contribution < 1.29 is 0 Å². The first-order chi connectivity index (χ1) is 8.18. The summed E-state index contributed by atoms with van der Waals surface area (Å²) in [5.41, 5.74) is 1.22. The predicted octanol–water partition coefficient (Wildman–Crippen LogP) is 2.97. The third kappa shape index (κ3) is 2.96. The number of hydrogen-bond donors (Lipinski definition) is 1. The van der Waals surface area contributed by atoms with Crippen LogP contribution in [0.1, 0.15) is 30.5 Å². The molecule has 0 aliphatic heterocycles. The first kappa shape index (κ1) is 12.3. The molecule has 0 radical (unpaired) electrons. The minimum atomic E-state index is 0.421. The number of rotatable bonds is 5. The molecule has 0 aliphatic carbocycles. The molecule has 0 saturated heterocycles. The van der Waals surface area contributed by atoms with Gasteiger partial charge in [0.15, 0.2) is 0 Å². The van der Waals surface area contributed by atoms with Crippen LogP contribution in [0.4, 0.5) is 0 Å². The van der Waals surface area contributed by atoms with Gasteiger partial charge in [-0.2, -0.15) is 5.10 Å². The molecule has 2 rings (SSSR count). The van der Waals surface area contributed by atoms with Crippen LogP contribution in [0.3, 0.4) is 0 Å². The van der Waals surface area contributed by atoms with E-state index in [1.165, 1.54) is 10.6 Å². The minimum absolute atomic E-state index is 0.421. The normalized spacial score (nSPS) is 13.2. The minimum Gasteiger partial charge on any atom is -0.303 e. The summed E-state index contributed by atoms with van der Waals surface area (Å²) in [5.74, 6) is 0.585. The molecular weight excluding hydrogens is 230 g/mol. The Bertz CT molecular complexity index is 445. The monoisotopic (exact) mass is 249 g/mol. The Morgan fingerprint density at radius 3 is 2.76 bits per heavy atom. The number of nitrogens with one attached hydrogen (secondary N) is 1. The molecule has 0 saturated carbocycles. The summed E-state index contributed by atoms with van der Waals surface area (Å²) in [6, 6.07) is 6.79. The van der Waals surface area contributed by atoms with Gasteiger partial charge in [-0.25, -0.2) is 0 Å². The lowest BCUT2D eigenvalue weighted by Gasteiger charge is -2.21. The molecule has 3 nitrogen and oxygen atoms in total. The molecule has 1 N–H and O–H groups in total. The lowest BCUT2D eigenvalue weighted by molar-refractivity contribution is 0.410. The van der Waals surface area contributed by atoms with Crippen LogP contribution in [0, 0.1) is 5.92 Å². The Hall–Kier alpha value is -1.13. The Kier molecular flexibility index (Phi) is 3.97. The van der Waals surface area contributed by atoms with Crippen LogP contribution in [0.25, 0.3) is 0 Å². The van der Waals surface area contributed by atoms with Gasteiger partial charge in [0.05, 0.1) is 5.69 Å². The van der Waals surface area contributed by atoms with E-state index >= 15 is 0 Å². The summed E-state index contributed by atoms with van der Waals surface area (Å²) in [7, 11) is 1.98. The van der Waals surface area contributed by atoms with Crippen LogP contribution in [-0.4, -0.2) is 9.78 Å². The number of nitrogens with zero attached hydrogens (tertiary/aromatic N) is 2. The zero-order chi connectivity index (χ0) is 12.3. The molecular formula is C13H19N3S. The van der Waals surface area contributed by atoms with Gasteiger partial charge in [-0.3, -0.25) is 4.68 Å². The SMILES string of the molecule is CC(C)C(NCc1ccnn1C)c1cccs1. The van der Waals surface area contributed by atoms with Crippen molar-refractivity contribution in [3.05, 3.63) is 40.3 Å². The molecule has 2 aromatic heterocycles. The fraction of sp³-hybridized carbons (Fsp3) is 0.462. The van der Waals surface area contributed by atoms with E-state index in [-0.39, 0.29) is 0 Å². The quantitative estimate of drug-likeness (QED) is 0.883. The van der Waals surface area contributed by atoms with E-state index < -0.39 is 0 Å². The molecule has 0 spiro atoms. The van der Waals surface area contributed by atoms with Crippen LogP contribution >= 0.6 is 11.3 Å². The summed E-state index contributed by atoms with van der Waals surface area (Å²) in [6.45, 7) is 5.36. The van der Waals surface area contributed by atoms with Crippen molar-refractivity contribution in [2.45, 2.75) is 26.4 Å². The molecule has 1 unspecified atom stereocenters. The van der Waals surface area contributed by atoms with Gasteiger partial charge in [0.25, 0.3) is 0 Å². The van der Waals surface area contributed by atoms with Crippen LogP contribution in [-0.2, 0) is 13.6 Å². The van der Waals surface area contributed by atoms with Crippen LogP contribution in [0.5, 0.6) is 0 Å². The lowest BCUT2D eigenvalue weighted by Crippen LogP contribution is -2.25. The number of hydrogen-bond acceptors (Lipinski definition) is 3. The van der Waals surface area contributed by atoms with E-state index in [4.69, 9.17) is 0 Å². The topological polar surface area (TPSA) is 29.9 Å². The Morgan fingerprint density at radius 1 is 1.41 bits per heavy atom. The zero-order valence-corrected chi connectivity index (χ0v) is 11.4. The molecule has 0 fully saturated rings. The first-order valence-electron chi connectivity index (χ1n) is 5.92.